The lowest BCUT2D eigenvalue weighted by atomic mass is 9.85. The third kappa shape index (κ3) is 2.09. The maximum Gasteiger partial charge on any atom is 0.327 e. The number of hydrogen-bond donors (Lipinski definition) is 2. The zero-order chi connectivity index (χ0) is 8.97. The molecular formula is C7H6BBrNO2. The van der Waals surface area contributed by atoms with E-state index in [1.54, 1.807) is 18.2 Å². The highest BCUT2D eigenvalue weighted by atomic mass is 79.9. The van der Waals surface area contributed by atoms with Crippen molar-refractivity contribution in [2.45, 2.75) is 0 Å². The average Bonchev–Trinajstić information content (AvgIpc) is 2.08. The molecule has 0 saturated heterocycles. The Balaban J connectivity index is 3.10. The van der Waals surface area contributed by atoms with Crippen molar-refractivity contribution in [3.05, 3.63) is 28.2 Å². The van der Waals surface area contributed by atoms with Gasteiger partial charge >= 0.3 is 7.48 Å². The Morgan fingerprint density at radius 2 is 2.25 bits per heavy atom. The predicted molar refractivity (Wildman–Crippen MR) is 51.1 cm³/mol. The number of hydrogen-bond acceptors (Lipinski definition) is 3. The van der Waals surface area contributed by atoms with Gasteiger partial charge in [-0.15, -0.1) is 0 Å². The normalized spacial score (nSPS) is 10.5. The van der Waals surface area contributed by atoms with E-state index in [0.717, 1.165) is 12.0 Å². The first kappa shape index (κ1) is 9.28. The Hall–Kier alpha value is -0.805. The molecule has 1 aromatic carbocycles. The first-order chi connectivity index (χ1) is 5.77. The quantitative estimate of drug-likeness (QED) is 0.334. The van der Waals surface area contributed by atoms with Crippen LogP contribution in [-0.2, 0) is 0 Å². The van der Waals surface area contributed by atoms with Crippen LogP contribution in [0.1, 0.15) is 5.56 Å². The van der Waals surface area contributed by atoms with Crippen LogP contribution in [0.3, 0.4) is 0 Å². The SMILES string of the molecule is O[B]c1cc(Br)ccc1/C=N\O. The van der Waals surface area contributed by atoms with Crippen LogP contribution in [0.4, 0.5) is 0 Å². The molecule has 0 bridgehead atoms. The summed E-state index contributed by atoms with van der Waals surface area (Å²) >= 11 is 3.25. The van der Waals surface area contributed by atoms with Gasteiger partial charge in [0.1, 0.15) is 0 Å². The highest BCUT2D eigenvalue weighted by molar-refractivity contribution is 9.10. The van der Waals surface area contributed by atoms with Crippen LogP contribution >= 0.6 is 15.9 Å². The molecule has 0 unspecified atom stereocenters. The molecular weight excluding hydrogens is 221 g/mol. The summed E-state index contributed by atoms with van der Waals surface area (Å²) in [6, 6.07) is 5.24. The third-order valence-electron chi connectivity index (χ3n) is 1.38. The van der Waals surface area contributed by atoms with E-state index in [0.29, 0.717) is 11.0 Å². The van der Waals surface area contributed by atoms with E-state index in [1.807, 2.05) is 0 Å². The monoisotopic (exact) mass is 226 g/mol. The van der Waals surface area contributed by atoms with Crippen molar-refractivity contribution in [2.24, 2.45) is 5.16 Å². The van der Waals surface area contributed by atoms with Crippen molar-refractivity contribution >= 4 is 35.1 Å². The van der Waals surface area contributed by atoms with Crippen LogP contribution in [-0.4, -0.2) is 23.9 Å². The minimum Gasteiger partial charge on any atom is -0.450 e. The Morgan fingerprint density at radius 1 is 1.50 bits per heavy atom. The molecule has 2 N–H and O–H groups in total. The van der Waals surface area contributed by atoms with Gasteiger partial charge in [-0.3, -0.25) is 0 Å². The standard InChI is InChI=1S/C7H6BBrNO2/c9-6-2-1-5(4-10-12)7(3-6)8-11/h1-4,11-12H/b10-4-. The van der Waals surface area contributed by atoms with E-state index in [2.05, 4.69) is 21.1 Å². The molecule has 0 aliphatic carbocycles. The average molecular weight is 227 g/mol. The van der Waals surface area contributed by atoms with Crippen LogP contribution in [0, 0.1) is 0 Å². The van der Waals surface area contributed by atoms with E-state index in [4.69, 9.17) is 10.2 Å². The summed E-state index contributed by atoms with van der Waals surface area (Å²) in [5.74, 6) is 0. The van der Waals surface area contributed by atoms with Gasteiger partial charge in [0.05, 0.1) is 6.21 Å². The van der Waals surface area contributed by atoms with E-state index < -0.39 is 0 Å². The summed E-state index contributed by atoms with van der Waals surface area (Å²) < 4.78 is 0.859. The molecule has 0 aliphatic heterocycles. The lowest BCUT2D eigenvalue weighted by Gasteiger charge is -2.00. The molecule has 61 valence electrons. The largest absolute Gasteiger partial charge is 0.450 e. The van der Waals surface area contributed by atoms with Gasteiger partial charge in [-0.25, -0.2) is 0 Å². The maximum absolute atomic E-state index is 8.78. The number of nitrogens with zero attached hydrogens (tertiary/aromatic N) is 1. The third-order valence-corrected chi connectivity index (χ3v) is 1.88. The Bertz CT molecular complexity index is 303. The first-order valence-electron chi connectivity index (χ1n) is 3.22. The highest BCUT2D eigenvalue weighted by Crippen LogP contribution is 2.07. The summed E-state index contributed by atoms with van der Waals surface area (Å²) in [6.45, 7) is 0. The number of rotatable bonds is 2. The van der Waals surface area contributed by atoms with Crippen molar-refractivity contribution < 1.29 is 10.2 Å². The number of benzene rings is 1. The topological polar surface area (TPSA) is 52.8 Å². The van der Waals surface area contributed by atoms with Crippen molar-refractivity contribution in [1.29, 1.82) is 0 Å². The van der Waals surface area contributed by atoms with Crippen molar-refractivity contribution in [1.82, 2.24) is 0 Å². The van der Waals surface area contributed by atoms with Crippen LogP contribution in [0.25, 0.3) is 0 Å². The molecule has 1 radical (unpaired) electrons. The van der Waals surface area contributed by atoms with Gasteiger partial charge in [-0.2, -0.15) is 0 Å². The minimum atomic E-state index is 0.599. The van der Waals surface area contributed by atoms with Crippen molar-refractivity contribution in [3.8, 4) is 0 Å². The summed E-state index contributed by atoms with van der Waals surface area (Å²) in [4.78, 5) is 0. The fourth-order valence-corrected chi connectivity index (χ4v) is 1.22. The number of halogens is 1. The van der Waals surface area contributed by atoms with Gasteiger partial charge < -0.3 is 10.2 Å². The fourth-order valence-electron chi connectivity index (χ4n) is 0.837. The molecule has 0 aromatic heterocycles. The van der Waals surface area contributed by atoms with Crippen LogP contribution in [0.2, 0.25) is 0 Å². The van der Waals surface area contributed by atoms with Crippen LogP contribution in [0.15, 0.2) is 27.8 Å². The van der Waals surface area contributed by atoms with Gasteiger partial charge in [-0.05, 0) is 17.1 Å². The lowest BCUT2D eigenvalue weighted by Crippen LogP contribution is -2.18. The Labute approximate surface area is 79.1 Å². The smallest absolute Gasteiger partial charge is 0.327 e. The molecule has 0 atom stereocenters. The lowest BCUT2D eigenvalue weighted by molar-refractivity contribution is 0.322. The highest BCUT2D eigenvalue weighted by Gasteiger charge is 2.01. The van der Waals surface area contributed by atoms with Crippen LogP contribution < -0.4 is 5.46 Å². The summed E-state index contributed by atoms with van der Waals surface area (Å²) in [5, 5.41) is 19.9. The molecule has 0 amide bonds. The predicted octanol–water partition coefficient (Wildman–Crippen LogP) is 0.494. The van der Waals surface area contributed by atoms with E-state index in [-0.39, 0.29) is 0 Å². The van der Waals surface area contributed by atoms with Gasteiger partial charge in [-0.1, -0.05) is 33.2 Å². The van der Waals surface area contributed by atoms with Gasteiger partial charge in [0.15, 0.2) is 0 Å². The molecule has 1 aromatic rings. The molecule has 3 nitrogen and oxygen atoms in total. The molecule has 0 fully saturated rings. The van der Waals surface area contributed by atoms with Gasteiger partial charge in [0.25, 0.3) is 0 Å². The molecule has 0 heterocycles. The van der Waals surface area contributed by atoms with E-state index in [9.17, 15) is 0 Å². The zero-order valence-electron chi connectivity index (χ0n) is 6.11. The van der Waals surface area contributed by atoms with Crippen molar-refractivity contribution in [3.63, 3.8) is 0 Å². The summed E-state index contributed by atoms with van der Waals surface area (Å²) in [5.41, 5.74) is 1.25. The second-order valence-electron chi connectivity index (χ2n) is 2.15. The molecule has 0 spiro atoms. The first-order valence-corrected chi connectivity index (χ1v) is 4.01. The Morgan fingerprint density at radius 3 is 2.83 bits per heavy atom. The second kappa shape index (κ2) is 4.28. The summed E-state index contributed by atoms with van der Waals surface area (Å²) in [7, 11) is 0.960. The molecule has 0 saturated carbocycles. The second-order valence-corrected chi connectivity index (χ2v) is 3.06. The van der Waals surface area contributed by atoms with E-state index >= 15 is 0 Å². The van der Waals surface area contributed by atoms with Crippen LogP contribution in [0.5, 0.6) is 0 Å². The Kier molecular flexibility index (Phi) is 3.31. The number of oxime groups is 1. The zero-order valence-corrected chi connectivity index (χ0v) is 7.69. The molecule has 1 rings (SSSR count). The van der Waals surface area contributed by atoms with E-state index in [1.165, 1.54) is 6.21 Å². The van der Waals surface area contributed by atoms with Gasteiger partial charge in [0, 0.05) is 4.47 Å². The van der Waals surface area contributed by atoms with Crippen molar-refractivity contribution in [2.75, 3.05) is 0 Å². The molecule has 5 heteroatoms. The maximum atomic E-state index is 8.78. The summed E-state index contributed by atoms with van der Waals surface area (Å²) in [6.07, 6.45) is 1.26. The minimum absolute atomic E-state index is 0.599. The fraction of sp³-hybridized carbons (Fsp3) is 0. The van der Waals surface area contributed by atoms with Gasteiger partial charge in [0.2, 0.25) is 0 Å². The molecule has 0 aliphatic rings. The molecule has 12 heavy (non-hydrogen) atoms.